The summed E-state index contributed by atoms with van der Waals surface area (Å²) in [6.45, 7) is 4.37. The van der Waals surface area contributed by atoms with E-state index in [1.807, 2.05) is 7.05 Å². The lowest BCUT2D eigenvalue weighted by Crippen LogP contribution is -2.05. The molecule has 1 aromatic carbocycles. The van der Waals surface area contributed by atoms with Gasteiger partial charge in [-0.2, -0.15) is 0 Å². The van der Waals surface area contributed by atoms with Crippen molar-refractivity contribution in [1.82, 2.24) is 9.88 Å². The summed E-state index contributed by atoms with van der Waals surface area (Å²) in [5.41, 5.74) is 2.78. The minimum Gasteiger partial charge on any atom is -0.347 e. The van der Waals surface area contributed by atoms with Gasteiger partial charge in [-0.25, -0.2) is 0 Å². The first kappa shape index (κ1) is 16.1. The molecule has 0 fully saturated rings. The average molecular weight is 286 g/mol. The highest BCUT2D eigenvalue weighted by atomic mass is 14.9. The van der Waals surface area contributed by atoms with Crippen LogP contribution in [0.2, 0.25) is 0 Å². The van der Waals surface area contributed by atoms with Crippen LogP contribution in [0.25, 0.3) is 10.9 Å². The van der Waals surface area contributed by atoms with Gasteiger partial charge in [-0.05, 0) is 31.2 Å². The second-order valence-corrected chi connectivity index (χ2v) is 6.01. The lowest BCUT2D eigenvalue weighted by atomic mass is 10.1. The van der Waals surface area contributed by atoms with Crippen LogP contribution in [0.15, 0.2) is 30.5 Å². The number of unbranched alkanes of at least 4 members (excludes halogenated alkanes) is 6. The number of hydrogen-bond donors (Lipinski definition) is 1. The van der Waals surface area contributed by atoms with Crippen LogP contribution >= 0.6 is 0 Å². The van der Waals surface area contributed by atoms with Crippen LogP contribution < -0.4 is 5.32 Å². The van der Waals surface area contributed by atoms with Crippen molar-refractivity contribution >= 4 is 10.9 Å². The number of aromatic nitrogens is 1. The molecule has 116 valence electrons. The number of aryl methyl sites for hydroxylation is 1. The monoisotopic (exact) mass is 286 g/mol. The molecule has 0 aliphatic heterocycles. The fourth-order valence-electron chi connectivity index (χ4n) is 3.07. The Morgan fingerprint density at radius 1 is 0.952 bits per heavy atom. The molecule has 0 radical (unpaired) electrons. The van der Waals surface area contributed by atoms with E-state index in [0.717, 1.165) is 13.1 Å². The maximum atomic E-state index is 3.25. The standard InChI is InChI=1S/C19H30N2/c1-3-4-5-6-7-8-9-14-21-15-13-18-17(16-20-2)11-10-12-19(18)21/h10-13,15,20H,3-9,14,16H2,1-2H3. The quantitative estimate of drug-likeness (QED) is 0.600. The van der Waals surface area contributed by atoms with E-state index < -0.39 is 0 Å². The number of nitrogens with zero attached hydrogens (tertiary/aromatic N) is 1. The van der Waals surface area contributed by atoms with Crippen molar-refractivity contribution in [3.05, 3.63) is 36.0 Å². The Kier molecular flexibility index (Phi) is 6.81. The van der Waals surface area contributed by atoms with E-state index in [0.29, 0.717) is 0 Å². The Hall–Kier alpha value is -1.28. The molecule has 0 saturated heterocycles. The number of benzene rings is 1. The van der Waals surface area contributed by atoms with Crippen molar-refractivity contribution in [3.8, 4) is 0 Å². The van der Waals surface area contributed by atoms with E-state index >= 15 is 0 Å². The summed E-state index contributed by atoms with van der Waals surface area (Å²) < 4.78 is 2.42. The number of rotatable bonds is 10. The van der Waals surface area contributed by atoms with Gasteiger partial charge < -0.3 is 9.88 Å². The van der Waals surface area contributed by atoms with E-state index in [1.165, 1.54) is 61.4 Å². The SMILES string of the molecule is CCCCCCCCCn1ccc2c(CNC)cccc21. The molecule has 0 spiro atoms. The van der Waals surface area contributed by atoms with E-state index in [1.54, 1.807) is 0 Å². The molecule has 2 nitrogen and oxygen atoms in total. The summed E-state index contributed by atoms with van der Waals surface area (Å²) in [6, 6.07) is 8.91. The average Bonchev–Trinajstić information content (AvgIpc) is 2.91. The molecule has 2 heteroatoms. The van der Waals surface area contributed by atoms with Gasteiger partial charge in [-0.3, -0.25) is 0 Å². The van der Waals surface area contributed by atoms with Gasteiger partial charge in [0.1, 0.15) is 0 Å². The second kappa shape index (κ2) is 8.89. The van der Waals surface area contributed by atoms with Crippen molar-refractivity contribution < 1.29 is 0 Å². The number of nitrogens with one attached hydrogen (secondary N) is 1. The summed E-state index contributed by atoms with van der Waals surface area (Å²) >= 11 is 0. The minimum atomic E-state index is 0.943. The van der Waals surface area contributed by atoms with Crippen LogP contribution in [0, 0.1) is 0 Å². The van der Waals surface area contributed by atoms with Crippen molar-refractivity contribution in [2.45, 2.75) is 65.0 Å². The fourth-order valence-corrected chi connectivity index (χ4v) is 3.07. The summed E-state index contributed by atoms with van der Waals surface area (Å²) in [5, 5.41) is 4.65. The largest absolute Gasteiger partial charge is 0.347 e. The molecule has 0 unspecified atom stereocenters. The Morgan fingerprint density at radius 2 is 1.71 bits per heavy atom. The van der Waals surface area contributed by atoms with Gasteiger partial charge in [-0.15, -0.1) is 0 Å². The normalized spacial score (nSPS) is 11.3. The fraction of sp³-hybridized carbons (Fsp3) is 0.579. The Balaban J connectivity index is 1.84. The van der Waals surface area contributed by atoms with Gasteiger partial charge in [0, 0.05) is 30.2 Å². The highest BCUT2D eigenvalue weighted by Crippen LogP contribution is 2.21. The highest BCUT2D eigenvalue weighted by Gasteiger charge is 2.04. The van der Waals surface area contributed by atoms with Crippen molar-refractivity contribution in [2.75, 3.05) is 7.05 Å². The van der Waals surface area contributed by atoms with E-state index in [4.69, 9.17) is 0 Å². The molecule has 1 N–H and O–H groups in total. The van der Waals surface area contributed by atoms with Gasteiger partial charge in [0.05, 0.1) is 0 Å². The molecular formula is C19H30N2. The molecule has 1 aromatic heterocycles. The zero-order valence-electron chi connectivity index (χ0n) is 13.7. The predicted octanol–water partition coefficient (Wildman–Crippen LogP) is 5.11. The Morgan fingerprint density at radius 3 is 2.48 bits per heavy atom. The zero-order valence-corrected chi connectivity index (χ0v) is 13.7. The van der Waals surface area contributed by atoms with Gasteiger partial charge in [0.25, 0.3) is 0 Å². The van der Waals surface area contributed by atoms with Crippen molar-refractivity contribution in [1.29, 1.82) is 0 Å². The van der Waals surface area contributed by atoms with Crippen molar-refractivity contribution in [3.63, 3.8) is 0 Å². The maximum absolute atomic E-state index is 3.25. The summed E-state index contributed by atoms with van der Waals surface area (Å²) in [4.78, 5) is 0. The summed E-state index contributed by atoms with van der Waals surface area (Å²) in [5.74, 6) is 0. The van der Waals surface area contributed by atoms with Crippen molar-refractivity contribution in [2.24, 2.45) is 0 Å². The number of fused-ring (bicyclic) bond motifs is 1. The molecule has 0 atom stereocenters. The summed E-state index contributed by atoms with van der Waals surface area (Å²) in [7, 11) is 2.01. The molecule has 21 heavy (non-hydrogen) atoms. The molecule has 0 aliphatic carbocycles. The molecule has 1 heterocycles. The molecule has 0 aliphatic rings. The van der Waals surface area contributed by atoms with Crippen LogP contribution in [-0.4, -0.2) is 11.6 Å². The molecule has 0 saturated carbocycles. The lowest BCUT2D eigenvalue weighted by molar-refractivity contribution is 0.556. The van der Waals surface area contributed by atoms with Crippen LogP contribution in [-0.2, 0) is 13.1 Å². The minimum absolute atomic E-state index is 0.943. The Labute approximate surface area is 129 Å². The third-order valence-corrected chi connectivity index (χ3v) is 4.27. The topological polar surface area (TPSA) is 17.0 Å². The summed E-state index contributed by atoms with van der Waals surface area (Å²) in [6.07, 6.45) is 11.9. The van der Waals surface area contributed by atoms with Gasteiger partial charge in [0.2, 0.25) is 0 Å². The van der Waals surface area contributed by atoms with Crippen LogP contribution in [0.4, 0.5) is 0 Å². The van der Waals surface area contributed by atoms with Crippen LogP contribution in [0.3, 0.4) is 0 Å². The van der Waals surface area contributed by atoms with E-state index in [9.17, 15) is 0 Å². The highest BCUT2D eigenvalue weighted by molar-refractivity contribution is 5.83. The van der Waals surface area contributed by atoms with Gasteiger partial charge in [0.15, 0.2) is 0 Å². The van der Waals surface area contributed by atoms with Gasteiger partial charge >= 0.3 is 0 Å². The number of hydrogen-bond acceptors (Lipinski definition) is 1. The van der Waals surface area contributed by atoms with E-state index in [2.05, 4.69) is 47.3 Å². The molecular weight excluding hydrogens is 256 g/mol. The first-order valence-corrected chi connectivity index (χ1v) is 8.58. The smallest absolute Gasteiger partial charge is 0.0483 e. The second-order valence-electron chi connectivity index (χ2n) is 6.01. The Bertz CT molecular complexity index is 527. The molecule has 2 aromatic rings. The zero-order chi connectivity index (χ0) is 14.9. The first-order chi connectivity index (χ1) is 10.4. The third kappa shape index (κ3) is 4.60. The predicted molar refractivity (Wildman–Crippen MR) is 92.7 cm³/mol. The van der Waals surface area contributed by atoms with Crippen LogP contribution in [0.1, 0.15) is 57.4 Å². The molecule has 2 rings (SSSR count). The van der Waals surface area contributed by atoms with Crippen LogP contribution in [0.5, 0.6) is 0 Å². The van der Waals surface area contributed by atoms with Gasteiger partial charge in [-0.1, -0.05) is 57.6 Å². The third-order valence-electron chi connectivity index (χ3n) is 4.27. The molecule has 0 bridgehead atoms. The lowest BCUT2D eigenvalue weighted by Gasteiger charge is -2.07. The first-order valence-electron chi connectivity index (χ1n) is 8.58. The molecule has 0 amide bonds. The van der Waals surface area contributed by atoms with E-state index in [-0.39, 0.29) is 0 Å². The maximum Gasteiger partial charge on any atom is 0.0483 e.